The molecular weight excluding hydrogens is 358 g/mol. The second-order valence-electron chi connectivity index (χ2n) is 4.40. The number of ether oxygens (including phenoxy) is 1. The zero-order chi connectivity index (χ0) is 15.7. The molecule has 8 nitrogen and oxygen atoms in total. The van der Waals surface area contributed by atoms with E-state index in [1.165, 1.54) is 6.07 Å². The van der Waals surface area contributed by atoms with Gasteiger partial charge in [-0.2, -0.15) is 4.98 Å². The summed E-state index contributed by atoms with van der Waals surface area (Å²) < 4.78 is 15.8. The lowest BCUT2D eigenvalue weighted by atomic mass is 10.1. The number of hydrogen-bond acceptors (Lipinski definition) is 7. The number of halogens is 1. The summed E-state index contributed by atoms with van der Waals surface area (Å²) in [7, 11) is 0. The van der Waals surface area contributed by atoms with Gasteiger partial charge in [-0.3, -0.25) is 9.78 Å². The van der Waals surface area contributed by atoms with E-state index in [0.29, 0.717) is 22.3 Å². The van der Waals surface area contributed by atoms with Gasteiger partial charge >= 0.3 is 5.63 Å². The molecule has 3 heterocycles. The van der Waals surface area contributed by atoms with Gasteiger partial charge in [-0.1, -0.05) is 12.1 Å². The summed E-state index contributed by atoms with van der Waals surface area (Å²) in [6, 6.07) is 2.83. The van der Waals surface area contributed by atoms with Crippen molar-refractivity contribution in [3.8, 4) is 6.01 Å². The number of H-pyrrole nitrogens is 1. The van der Waals surface area contributed by atoms with E-state index in [2.05, 4.69) is 31.1 Å². The second-order valence-corrected chi connectivity index (χ2v) is 5.21. The Morgan fingerprint density at radius 1 is 1.36 bits per heavy atom. The van der Waals surface area contributed by atoms with Crippen LogP contribution in [0.15, 0.2) is 35.3 Å². The van der Waals surface area contributed by atoms with Crippen LogP contribution in [-0.2, 0) is 13.0 Å². The summed E-state index contributed by atoms with van der Waals surface area (Å²) in [5.74, 6) is 0.443. The first-order valence-electron chi connectivity index (χ1n) is 6.37. The van der Waals surface area contributed by atoms with E-state index in [0.717, 1.165) is 0 Å². The number of rotatable bonds is 4. The molecule has 0 saturated heterocycles. The number of aromatic amines is 1. The summed E-state index contributed by atoms with van der Waals surface area (Å²) in [6.07, 6.45) is 0.513. The summed E-state index contributed by atoms with van der Waals surface area (Å²) >= 11 is 3.14. The van der Waals surface area contributed by atoms with Crippen LogP contribution in [0.5, 0.6) is 6.01 Å². The second kappa shape index (κ2) is 5.76. The molecule has 0 aromatic carbocycles. The van der Waals surface area contributed by atoms with Crippen LogP contribution in [0.4, 0.5) is 0 Å². The fourth-order valence-electron chi connectivity index (χ4n) is 1.97. The molecule has 114 valence electrons. The zero-order valence-electron chi connectivity index (χ0n) is 11.4. The molecule has 0 radical (unpaired) electrons. The van der Waals surface area contributed by atoms with Crippen LogP contribution >= 0.6 is 15.9 Å². The van der Waals surface area contributed by atoms with Gasteiger partial charge < -0.3 is 13.7 Å². The molecule has 0 saturated carbocycles. The van der Waals surface area contributed by atoms with Crippen LogP contribution in [0.3, 0.4) is 0 Å². The Balaban J connectivity index is 1.98. The highest BCUT2D eigenvalue weighted by Crippen LogP contribution is 2.15. The van der Waals surface area contributed by atoms with Crippen LogP contribution in [0.1, 0.15) is 18.2 Å². The molecule has 0 aliphatic carbocycles. The third kappa shape index (κ3) is 2.80. The largest absolute Gasteiger partial charge is 0.456 e. The lowest BCUT2D eigenvalue weighted by Gasteiger charge is -2.05. The molecule has 0 spiro atoms. The molecular formula is C13H10BrN3O5. The van der Waals surface area contributed by atoms with Gasteiger partial charge in [-0.25, -0.2) is 4.79 Å². The molecule has 0 fully saturated rings. The standard InChI is InChI=1S/C13H10BrN3O5/c1-2-6-3-9(18)21-12-10(6)11(19)15-13(16-12)20-5-7-4-8(14)17-22-7/h3-4H,2,5H2,1H3,(H,15,16,19). The minimum Gasteiger partial charge on any atom is -0.456 e. The van der Waals surface area contributed by atoms with Gasteiger partial charge in [0.2, 0.25) is 5.71 Å². The average molecular weight is 368 g/mol. The van der Waals surface area contributed by atoms with Crippen molar-refractivity contribution in [1.82, 2.24) is 15.1 Å². The van der Waals surface area contributed by atoms with Gasteiger partial charge in [-0.05, 0) is 27.9 Å². The van der Waals surface area contributed by atoms with Crippen molar-refractivity contribution < 1.29 is 13.7 Å². The number of fused-ring (bicyclic) bond motifs is 1. The Kier molecular flexibility index (Phi) is 3.80. The summed E-state index contributed by atoms with van der Waals surface area (Å²) in [4.78, 5) is 30.1. The van der Waals surface area contributed by atoms with Crippen molar-refractivity contribution in [1.29, 1.82) is 0 Å². The van der Waals surface area contributed by atoms with Gasteiger partial charge in [0, 0.05) is 12.1 Å². The maximum atomic E-state index is 12.1. The molecule has 3 aromatic rings. The number of hydrogen-bond donors (Lipinski definition) is 1. The first-order valence-corrected chi connectivity index (χ1v) is 7.17. The van der Waals surface area contributed by atoms with E-state index in [9.17, 15) is 9.59 Å². The van der Waals surface area contributed by atoms with Gasteiger partial charge in [0.1, 0.15) is 9.99 Å². The van der Waals surface area contributed by atoms with E-state index in [-0.39, 0.29) is 23.7 Å². The lowest BCUT2D eigenvalue weighted by Crippen LogP contribution is -2.15. The van der Waals surface area contributed by atoms with E-state index < -0.39 is 11.2 Å². The molecule has 0 amide bonds. The highest BCUT2D eigenvalue weighted by molar-refractivity contribution is 9.10. The minimum absolute atomic E-state index is 0.0186. The zero-order valence-corrected chi connectivity index (χ0v) is 13.0. The molecule has 22 heavy (non-hydrogen) atoms. The first-order chi connectivity index (χ1) is 10.6. The normalized spacial score (nSPS) is 11.0. The van der Waals surface area contributed by atoms with E-state index in [4.69, 9.17) is 13.7 Å². The third-order valence-electron chi connectivity index (χ3n) is 2.94. The van der Waals surface area contributed by atoms with Gasteiger partial charge in [-0.15, -0.1) is 0 Å². The maximum Gasteiger partial charge on any atom is 0.337 e. The quantitative estimate of drug-likeness (QED) is 0.747. The van der Waals surface area contributed by atoms with Crippen molar-refractivity contribution in [2.24, 2.45) is 0 Å². The predicted molar refractivity (Wildman–Crippen MR) is 78.8 cm³/mol. The summed E-state index contributed by atoms with van der Waals surface area (Å²) in [5.41, 5.74) is -0.473. The number of aromatic nitrogens is 3. The topological polar surface area (TPSA) is 111 Å². The molecule has 0 unspecified atom stereocenters. The monoisotopic (exact) mass is 367 g/mol. The molecule has 3 rings (SSSR count). The Labute approximate surface area is 131 Å². The Hall–Kier alpha value is -2.42. The molecule has 3 aromatic heterocycles. The molecule has 1 N–H and O–H groups in total. The smallest absolute Gasteiger partial charge is 0.337 e. The summed E-state index contributed by atoms with van der Waals surface area (Å²) in [5, 5.41) is 3.89. The predicted octanol–water partition coefficient (Wildman–Crippen LogP) is 1.77. The van der Waals surface area contributed by atoms with Gasteiger partial charge in [0.25, 0.3) is 11.6 Å². The van der Waals surface area contributed by atoms with E-state index in [1.54, 1.807) is 6.07 Å². The highest BCUT2D eigenvalue weighted by atomic mass is 79.9. The fourth-order valence-corrected chi connectivity index (χ4v) is 2.30. The molecule has 0 aliphatic heterocycles. The average Bonchev–Trinajstić information content (AvgIpc) is 2.89. The van der Waals surface area contributed by atoms with Gasteiger partial charge in [0.15, 0.2) is 12.4 Å². The first kappa shape index (κ1) is 14.5. The third-order valence-corrected chi connectivity index (χ3v) is 3.31. The van der Waals surface area contributed by atoms with Gasteiger partial charge in [0.05, 0.1) is 0 Å². The van der Waals surface area contributed by atoms with Crippen LogP contribution in [-0.4, -0.2) is 15.1 Å². The lowest BCUT2D eigenvalue weighted by molar-refractivity contribution is 0.232. The Morgan fingerprint density at radius 3 is 2.86 bits per heavy atom. The Bertz CT molecular complexity index is 943. The number of aryl methyl sites for hydroxylation is 1. The molecule has 0 bridgehead atoms. The molecule has 0 aliphatic rings. The van der Waals surface area contributed by atoms with Crippen molar-refractivity contribution >= 4 is 27.0 Å². The SMILES string of the molecule is CCc1cc(=O)oc2nc(OCc3cc(Br)no3)[nH]c(=O)c12. The van der Waals surface area contributed by atoms with Crippen LogP contribution in [0.2, 0.25) is 0 Å². The number of nitrogens with zero attached hydrogens (tertiary/aromatic N) is 2. The van der Waals surface area contributed by atoms with E-state index >= 15 is 0 Å². The number of nitrogens with one attached hydrogen (secondary N) is 1. The molecule has 9 heteroatoms. The minimum atomic E-state index is -0.562. The van der Waals surface area contributed by atoms with Crippen molar-refractivity contribution in [2.45, 2.75) is 20.0 Å². The van der Waals surface area contributed by atoms with Crippen LogP contribution < -0.4 is 15.9 Å². The van der Waals surface area contributed by atoms with Crippen molar-refractivity contribution in [2.75, 3.05) is 0 Å². The van der Waals surface area contributed by atoms with Crippen molar-refractivity contribution in [3.05, 3.63) is 48.8 Å². The van der Waals surface area contributed by atoms with Crippen LogP contribution in [0.25, 0.3) is 11.1 Å². The van der Waals surface area contributed by atoms with Crippen molar-refractivity contribution in [3.63, 3.8) is 0 Å². The van der Waals surface area contributed by atoms with Crippen LogP contribution in [0, 0.1) is 0 Å². The molecule has 0 atom stereocenters. The Morgan fingerprint density at radius 2 is 2.18 bits per heavy atom. The maximum absolute atomic E-state index is 12.1. The summed E-state index contributed by atoms with van der Waals surface area (Å²) in [6.45, 7) is 1.85. The fraction of sp³-hybridized carbons (Fsp3) is 0.231. The highest BCUT2D eigenvalue weighted by Gasteiger charge is 2.13. The van der Waals surface area contributed by atoms with E-state index in [1.807, 2.05) is 6.92 Å².